The van der Waals surface area contributed by atoms with Gasteiger partial charge in [0.25, 0.3) is 22.9 Å². The summed E-state index contributed by atoms with van der Waals surface area (Å²) in [5.74, 6) is -6.52. The Morgan fingerprint density at radius 3 is 1.38 bits per heavy atom. The zero-order valence-corrected chi connectivity index (χ0v) is 43.5. The topological polar surface area (TPSA) is 419 Å². The number of alkyl halides is 3. The molecule has 2 atom stereocenters. The van der Waals surface area contributed by atoms with E-state index in [2.05, 4.69) is 30.8 Å². The van der Waals surface area contributed by atoms with E-state index in [1.54, 1.807) is 36.4 Å². The second-order valence-electron chi connectivity index (χ2n) is 15.9. The van der Waals surface area contributed by atoms with Crippen molar-refractivity contribution in [1.82, 2.24) is 28.9 Å². The molecular formula is C47H52ClF3N10O16S2. The normalized spacial score (nSPS) is 11.9. The summed E-state index contributed by atoms with van der Waals surface area (Å²) in [7, 11) is -8.25. The number of quaternary nitrogens is 1. The number of carboxylic acid groups (broad SMARTS) is 3. The number of fused-ring (bicyclic) bond motifs is 2. The molecule has 0 radical (unpaired) electrons. The lowest BCUT2D eigenvalue weighted by Crippen LogP contribution is -2.50. The summed E-state index contributed by atoms with van der Waals surface area (Å²) in [5, 5.41) is 32.4. The number of nitrogens with zero attached hydrogens (tertiary/aromatic N) is 3. The van der Waals surface area contributed by atoms with Crippen molar-refractivity contribution in [3.8, 4) is 11.5 Å². The molecule has 6 aromatic rings. The summed E-state index contributed by atoms with van der Waals surface area (Å²) < 4.78 is 99.1. The molecule has 13 N–H and O–H groups in total. The fourth-order valence-corrected chi connectivity index (χ4v) is 8.68. The summed E-state index contributed by atoms with van der Waals surface area (Å²) in [4.78, 5) is 85.9. The van der Waals surface area contributed by atoms with Crippen molar-refractivity contribution < 1.29 is 84.5 Å². The lowest BCUT2D eigenvalue weighted by Gasteiger charge is -2.16. The molecule has 2 aromatic carbocycles. The number of nitrogens with one attached hydrogen (secondary N) is 4. The van der Waals surface area contributed by atoms with Crippen molar-refractivity contribution in [2.24, 2.45) is 16.5 Å². The van der Waals surface area contributed by atoms with Crippen molar-refractivity contribution >= 4 is 79.2 Å². The van der Waals surface area contributed by atoms with Gasteiger partial charge in [-0.25, -0.2) is 16.8 Å². The van der Waals surface area contributed by atoms with E-state index in [0.29, 0.717) is 48.7 Å². The number of ether oxygens (including phenoxy) is 2. The number of hydrogen-bond donors (Lipinski definition) is 9. The largest absolute Gasteiger partial charge is 0.542 e. The van der Waals surface area contributed by atoms with Crippen LogP contribution in [-0.4, -0.2) is 129 Å². The molecule has 0 aliphatic rings. The van der Waals surface area contributed by atoms with Crippen molar-refractivity contribution in [3.63, 3.8) is 0 Å². The first-order chi connectivity index (χ1) is 36.7. The zero-order valence-electron chi connectivity index (χ0n) is 41.0. The number of aliphatic imine (C=N–C) groups is 1. The van der Waals surface area contributed by atoms with Gasteiger partial charge in [0.1, 0.15) is 29.6 Å². The quantitative estimate of drug-likeness (QED) is 0.0204. The first-order valence-electron chi connectivity index (χ1n) is 22.6. The molecule has 79 heavy (non-hydrogen) atoms. The van der Waals surface area contributed by atoms with Gasteiger partial charge >= 0.3 is 18.1 Å². The number of hydrogen-bond acceptors (Lipinski definition) is 15. The molecule has 426 valence electrons. The van der Waals surface area contributed by atoms with Crippen LogP contribution in [0.5, 0.6) is 11.5 Å². The van der Waals surface area contributed by atoms with Crippen LogP contribution in [0, 0.1) is 0 Å². The number of guanidine groups is 1. The van der Waals surface area contributed by atoms with E-state index in [1.165, 1.54) is 81.9 Å². The van der Waals surface area contributed by atoms with Crippen LogP contribution in [-0.2, 0) is 34.4 Å². The van der Waals surface area contributed by atoms with Gasteiger partial charge in [0, 0.05) is 66.8 Å². The highest BCUT2D eigenvalue weighted by Gasteiger charge is 2.29. The fourth-order valence-electron chi connectivity index (χ4n) is 6.26. The summed E-state index contributed by atoms with van der Waals surface area (Å²) in [6.45, 7) is 0.817. The first-order valence-corrected chi connectivity index (χ1v) is 25.6. The molecule has 0 aliphatic heterocycles. The Balaban J connectivity index is 0.000000367. The number of carboxylic acids is 3. The van der Waals surface area contributed by atoms with Gasteiger partial charge in [0.2, 0.25) is 20.0 Å². The van der Waals surface area contributed by atoms with Gasteiger partial charge in [0.15, 0.2) is 5.96 Å². The number of carbonyl (C=O) groups excluding carboxylic acids is 3. The highest BCUT2D eigenvalue weighted by Crippen LogP contribution is 2.16. The third kappa shape index (κ3) is 20.4. The number of halogens is 4. The maximum atomic E-state index is 12.6. The zero-order chi connectivity index (χ0) is 57.8. The highest BCUT2D eigenvalue weighted by atomic mass is 35.5. The molecule has 6 rings (SSSR count). The smallest absolute Gasteiger partial charge is 0.430 e. The van der Waals surface area contributed by atoms with Crippen molar-refractivity contribution in [1.29, 1.82) is 0 Å². The van der Waals surface area contributed by atoms with Gasteiger partial charge in [-0.1, -0.05) is 36.4 Å². The van der Waals surface area contributed by atoms with Crippen LogP contribution in [0.15, 0.2) is 146 Å². The summed E-state index contributed by atoms with van der Waals surface area (Å²) in [5.41, 5.74) is 14.1. The van der Waals surface area contributed by atoms with E-state index in [4.69, 9.17) is 30.8 Å². The minimum atomic E-state index is -5.19. The Bertz CT molecular complexity index is 3480. The van der Waals surface area contributed by atoms with Crippen LogP contribution in [0.1, 0.15) is 33.6 Å². The number of sulfonamides is 2. The molecule has 0 aliphatic carbocycles. The van der Waals surface area contributed by atoms with E-state index < -0.39 is 92.2 Å². The Kier molecular flexibility index (Phi) is 24.4. The van der Waals surface area contributed by atoms with Crippen molar-refractivity contribution in [2.45, 2.75) is 40.9 Å². The third-order valence-corrected chi connectivity index (χ3v) is 13.0. The Morgan fingerprint density at radius 2 is 1.04 bits per heavy atom. The van der Waals surface area contributed by atoms with Crippen molar-refractivity contribution in [2.75, 3.05) is 39.4 Å². The summed E-state index contributed by atoms with van der Waals surface area (Å²) in [6, 6.07) is 22.8. The lowest BCUT2D eigenvalue weighted by atomic mass is 10.2. The molecule has 4 heterocycles. The van der Waals surface area contributed by atoms with Gasteiger partial charge in [0.05, 0.1) is 41.9 Å². The second-order valence-corrected chi connectivity index (χ2v) is 19.3. The molecule has 26 nitrogen and oxygen atoms in total. The van der Waals surface area contributed by atoms with E-state index in [9.17, 15) is 69.0 Å². The maximum absolute atomic E-state index is 12.6. The number of pyridine rings is 4. The van der Waals surface area contributed by atoms with Crippen LogP contribution in [0.3, 0.4) is 0 Å². The standard InChI is InChI=1S/C23H26N6O7S.C22H24N4O7S.C2HF3O2.ClH/c24-23(25)26-9-4-10-36-17-8-7-16-11-15(12-20(30)29(16)14-17)21(31)27-13-19(22(32)33)28-37(34,35)18-5-2-1-3-6-18;23-9-4-10-33-17-8-7-16-11-15(12-20(27)26(16)14-17)21(28)24-13-19(22(29)30)25-34(31,32)18-5-2-1-3-6-18;3-2(4,5)1(6)7;/h1-3,5-8,11-12,14,19,28H,4,9-10,13H2,(H,27,31)(H,32,33)(H4,24,25,26);1-3,5-8,11-12,14,19,25H,4,9-10,13,23H2,(H,24,28)(H,29,30);(H,6,7);1H/t2*19-;;/m00../s1. The molecule has 0 unspecified atom stereocenters. The van der Waals surface area contributed by atoms with Gasteiger partial charge < -0.3 is 57.4 Å². The highest BCUT2D eigenvalue weighted by molar-refractivity contribution is 7.89. The first kappa shape index (κ1) is 64.7. The number of carbonyl (C=O) groups is 5. The SMILES string of the molecule is Cl.NC(N)=NCCCOc1ccc2cc(C(=O)NC[C@H](NS(=O)(=O)c3ccccc3)C(=O)O)cc(=O)n2c1.O=C([O-])C(F)(F)F.[NH3+]CCCOc1ccc2cc(C(=O)NC[C@H](NS(=O)(=O)c3ccccc3)C(=O)O)cc(=O)n2c1. The molecule has 0 saturated carbocycles. The van der Waals surface area contributed by atoms with Crippen LogP contribution in [0.4, 0.5) is 13.2 Å². The average molecular weight is 1170 g/mol. The van der Waals surface area contributed by atoms with Gasteiger partial charge in [-0.15, -0.1) is 12.4 Å². The monoisotopic (exact) mass is 1170 g/mol. The van der Waals surface area contributed by atoms with Crippen LogP contribution in [0.25, 0.3) is 11.0 Å². The molecular weight excluding hydrogens is 1120 g/mol. The number of aromatic nitrogens is 2. The van der Waals surface area contributed by atoms with Crippen LogP contribution in [0.2, 0.25) is 0 Å². The van der Waals surface area contributed by atoms with E-state index in [1.807, 2.05) is 0 Å². The lowest BCUT2D eigenvalue weighted by molar-refractivity contribution is -0.368. The molecule has 32 heteroatoms. The van der Waals surface area contributed by atoms with E-state index in [0.717, 1.165) is 25.1 Å². The Morgan fingerprint density at radius 1 is 0.658 bits per heavy atom. The number of nitrogens with two attached hydrogens (primary N) is 2. The number of aliphatic carboxylic acids is 3. The predicted molar refractivity (Wildman–Crippen MR) is 275 cm³/mol. The number of rotatable bonds is 23. The van der Waals surface area contributed by atoms with Gasteiger partial charge in [-0.05, 0) is 60.7 Å². The van der Waals surface area contributed by atoms with E-state index in [-0.39, 0.29) is 39.3 Å². The fraction of sp³-hybridized carbons (Fsp3) is 0.234. The molecule has 0 bridgehead atoms. The Hall–Kier alpha value is -8.62. The molecule has 4 aromatic heterocycles. The maximum Gasteiger partial charge on any atom is 0.430 e. The Labute approximate surface area is 452 Å². The van der Waals surface area contributed by atoms with Crippen LogP contribution < -0.4 is 63.0 Å². The van der Waals surface area contributed by atoms with Crippen molar-refractivity contribution in [3.05, 3.63) is 153 Å². The average Bonchev–Trinajstić information content (AvgIpc) is 3.42. The minimum Gasteiger partial charge on any atom is -0.542 e. The second kappa shape index (κ2) is 29.8. The summed E-state index contributed by atoms with van der Waals surface area (Å²) >= 11 is 0. The van der Waals surface area contributed by atoms with Crippen LogP contribution >= 0.6 is 12.4 Å². The predicted octanol–water partition coefficient (Wildman–Crippen LogP) is -1.30. The van der Waals surface area contributed by atoms with E-state index >= 15 is 0 Å². The van der Waals surface area contributed by atoms with Gasteiger partial charge in [-0.2, -0.15) is 22.6 Å². The number of benzene rings is 2. The molecule has 0 fully saturated rings. The minimum absolute atomic E-state index is 0. The van der Waals surface area contributed by atoms with Gasteiger partial charge in [-0.3, -0.25) is 42.6 Å². The molecule has 0 saturated heterocycles. The summed E-state index contributed by atoms with van der Waals surface area (Å²) in [6.07, 6.45) is -0.881. The molecule has 2 amide bonds. The number of amides is 2. The molecule has 0 spiro atoms. The third-order valence-electron chi connectivity index (χ3n) is 10.1.